The highest BCUT2D eigenvalue weighted by Gasteiger charge is 2.53. The molecule has 0 amide bonds. The summed E-state index contributed by atoms with van der Waals surface area (Å²) in [4.78, 5) is 18.8. The summed E-state index contributed by atoms with van der Waals surface area (Å²) in [5, 5.41) is 31.6. The van der Waals surface area contributed by atoms with Crippen LogP contribution in [0.1, 0.15) is 24.4 Å². The second-order valence-electron chi connectivity index (χ2n) is 8.85. The summed E-state index contributed by atoms with van der Waals surface area (Å²) in [6, 6.07) is 4.76. The average molecular weight is 454 g/mol. The van der Waals surface area contributed by atoms with E-state index in [1.165, 1.54) is 25.6 Å². The molecule has 3 aromatic heterocycles. The molecule has 11 heteroatoms. The van der Waals surface area contributed by atoms with Crippen LogP contribution in [0.2, 0.25) is 0 Å². The van der Waals surface area contributed by atoms with Gasteiger partial charge >= 0.3 is 0 Å². The Morgan fingerprint density at radius 2 is 2.15 bits per heavy atom. The number of aromatic nitrogens is 5. The number of imidazole rings is 1. The number of ether oxygens (including phenoxy) is 1. The first kappa shape index (κ1) is 20.5. The molecule has 0 unspecified atom stereocenters. The molecule has 0 radical (unpaired) electrons. The van der Waals surface area contributed by atoms with Gasteiger partial charge in [-0.25, -0.2) is 19.3 Å². The summed E-state index contributed by atoms with van der Waals surface area (Å²) < 4.78 is 21.0. The summed E-state index contributed by atoms with van der Waals surface area (Å²) in [6.07, 6.45) is 0.477. The van der Waals surface area contributed by atoms with Crippen LogP contribution in [0.4, 0.5) is 10.2 Å². The maximum Gasteiger partial charge on any atom is 0.168 e. The van der Waals surface area contributed by atoms with Gasteiger partial charge in [-0.15, -0.1) is 0 Å². The van der Waals surface area contributed by atoms with Crippen molar-refractivity contribution < 1.29 is 24.4 Å². The topological polar surface area (TPSA) is 133 Å². The number of aliphatic hydroxyl groups excluding tert-OH is 2. The number of halogens is 1. The largest absolute Gasteiger partial charge is 0.394 e. The Hall–Kier alpha value is -3.12. The van der Waals surface area contributed by atoms with E-state index in [9.17, 15) is 19.7 Å². The third-order valence-electron chi connectivity index (χ3n) is 6.76. The van der Waals surface area contributed by atoms with E-state index < -0.39 is 30.6 Å². The zero-order chi connectivity index (χ0) is 22.9. The van der Waals surface area contributed by atoms with Crippen molar-refractivity contribution in [2.75, 3.05) is 18.1 Å². The standard InChI is InChI=1S/C22H23FN6O4/c1-22(32)18(31)16(8-30)33-21(22)29-10-26-17-19(24-9-25-20(17)29)28-5-4-12-13-6-11(23)2-3-14(13)27-15(12)7-28/h2-3,6,9-10,16,18,21,27,30-32H,4-5,7-8H2,1H3/t16-,18-,21-,22-/m1/s1. The van der Waals surface area contributed by atoms with Gasteiger partial charge in [-0.3, -0.25) is 4.57 Å². The molecule has 2 aliphatic heterocycles. The molecule has 0 aliphatic carbocycles. The second-order valence-corrected chi connectivity index (χ2v) is 8.85. The summed E-state index contributed by atoms with van der Waals surface area (Å²) in [5.41, 5.74) is 2.34. The number of nitrogens with one attached hydrogen (secondary N) is 1. The Morgan fingerprint density at radius 3 is 2.94 bits per heavy atom. The predicted octanol–water partition coefficient (Wildman–Crippen LogP) is 1.01. The van der Waals surface area contributed by atoms with Crippen molar-refractivity contribution in [1.29, 1.82) is 0 Å². The third kappa shape index (κ3) is 2.97. The molecule has 1 aromatic carbocycles. The first-order valence-electron chi connectivity index (χ1n) is 10.8. The number of fused-ring (bicyclic) bond motifs is 4. The van der Waals surface area contributed by atoms with E-state index in [4.69, 9.17) is 4.74 Å². The number of H-pyrrole nitrogens is 1. The van der Waals surface area contributed by atoms with E-state index in [0.717, 1.165) is 28.6 Å². The van der Waals surface area contributed by atoms with E-state index in [1.807, 2.05) is 0 Å². The summed E-state index contributed by atoms with van der Waals surface area (Å²) in [5.74, 6) is 0.375. The Balaban J connectivity index is 1.37. The SMILES string of the molecule is C[C@@]1(O)[C@H](O)[C@@H](CO)O[C@H]1n1cnc2c(N3CCc4c([nH]c5ccc(F)cc45)C3)ncnc21. The van der Waals surface area contributed by atoms with Crippen LogP contribution in [-0.4, -0.2) is 70.8 Å². The number of hydrogen-bond acceptors (Lipinski definition) is 8. The van der Waals surface area contributed by atoms with Crippen molar-refractivity contribution in [1.82, 2.24) is 24.5 Å². The Bertz CT molecular complexity index is 1370. The van der Waals surface area contributed by atoms with Crippen molar-refractivity contribution in [3.05, 3.63) is 47.9 Å². The highest BCUT2D eigenvalue weighted by atomic mass is 19.1. The van der Waals surface area contributed by atoms with Crippen molar-refractivity contribution in [2.45, 2.75) is 43.9 Å². The van der Waals surface area contributed by atoms with Crippen molar-refractivity contribution >= 4 is 27.9 Å². The Labute approximate surface area is 187 Å². The highest BCUT2D eigenvalue weighted by Crippen LogP contribution is 2.40. The van der Waals surface area contributed by atoms with Crippen molar-refractivity contribution in [3.63, 3.8) is 0 Å². The molecule has 0 bridgehead atoms. The number of anilines is 1. The van der Waals surface area contributed by atoms with Gasteiger partial charge in [-0.05, 0) is 37.1 Å². The van der Waals surface area contributed by atoms with Crippen LogP contribution in [0.5, 0.6) is 0 Å². The average Bonchev–Trinajstić information content (AvgIpc) is 3.45. The number of rotatable bonds is 3. The fraction of sp³-hybridized carbons (Fsp3) is 0.409. The van der Waals surface area contributed by atoms with Gasteiger partial charge in [0.1, 0.15) is 30.0 Å². The molecule has 0 saturated carbocycles. The van der Waals surface area contributed by atoms with Gasteiger partial charge in [-0.1, -0.05) is 0 Å². The van der Waals surface area contributed by atoms with E-state index in [1.54, 1.807) is 16.7 Å². The smallest absolute Gasteiger partial charge is 0.168 e. The van der Waals surface area contributed by atoms with E-state index in [-0.39, 0.29) is 5.82 Å². The molecule has 6 rings (SSSR count). The lowest BCUT2D eigenvalue weighted by Crippen LogP contribution is -2.44. The lowest BCUT2D eigenvalue weighted by atomic mass is 9.96. The monoisotopic (exact) mass is 454 g/mol. The molecule has 5 heterocycles. The maximum absolute atomic E-state index is 13.7. The maximum atomic E-state index is 13.7. The molecule has 10 nitrogen and oxygen atoms in total. The molecular weight excluding hydrogens is 431 g/mol. The van der Waals surface area contributed by atoms with Crippen LogP contribution in [0.3, 0.4) is 0 Å². The number of benzene rings is 1. The molecular formula is C22H23FN6O4. The first-order valence-corrected chi connectivity index (χ1v) is 10.8. The van der Waals surface area contributed by atoms with Crippen LogP contribution in [0, 0.1) is 5.82 Å². The summed E-state index contributed by atoms with van der Waals surface area (Å²) in [6.45, 7) is 2.24. The van der Waals surface area contributed by atoms with Gasteiger partial charge in [-0.2, -0.15) is 0 Å². The molecule has 33 heavy (non-hydrogen) atoms. The summed E-state index contributed by atoms with van der Waals surface area (Å²) >= 11 is 0. The van der Waals surface area contributed by atoms with Gasteiger partial charge in [0.2, 0.25) is 0 Å². The molecule has 2 aliphatic rings. The summed E-state index contributed by atoms with van der Waals surface area (Å²) in [7, 11) is 0. The zero-order valence-electron chi connectivity index (χ0n) is 17.8. The molecule has 4 atom stereocenters. The molecule has 1 fully saturated rings. The fourth-order valence-electron chi connectivity index (χ4n) is 5.03. The van der Waals surface area contributed by atoms with Crippen LogP contribution in [-0.2, 0) is 17.7 Å². The van der Waals surface area contributed by atoms with Crippen LogP contribution in [0.15, 0.2) is 30.9 Å². The molecule has 4 N–H and O–H groups in total. The van der Waals surface area contributed by atoms with E-state index in [2.05, 4.69) is 24.8 Å². The van der Waals surface area contributed by atoms with Crippen molar-refractivity contribution in [3.8, 4) is 0 Å². The number of aromatic amines is 1. The quantitative estimate of drug-likeness (QED) is 0.361. The number of hydrogen-bond donors (Lipinski definition) is 4. The van der Waals surface area contributed by atoms with Gasteiger partial charge in [0.05, 0.1) is 19.5 Å². The third-order valence-corrected chi connectivity index (χ3v) is 6.76. The normalized spacial score (nSPS) is 27.5. The fourth-order valence-corrected chi connectivity index (χ4v) is 5.03. The van der Waals surface area contributed by atoms with Crippen LogP contribution in [0.25, 0.3) is 22.1 Å². The Morgan fingerprint density at radius 1 is 1.30 bits per heavy atom. The minimum atomic E-state index is -1.65. The minimum Gasteiger partial charge on any atom is -0.394 e. The second kappa shape index (κ2) is 7.19. The van der Waals surface area contributed by atoms with E-state index in [0.29, 0.717) is 30.1 Å². The lowest BCUT2D eigenvalue weighted by molar-refractivity contribution is -0.0950. The van der Waals surface area contributed by atoms with Crippen LogP contribution < -0.4 is 4.90 Å². The molecule has 172 valence electrons. The molecule has 1 saturated heterocycles. The van der Waals surface area contributed by atoms with Crippen molar-refractivity contribution in [2.24, 2.45) is 0 Å². The number of nitrogens with zero attached hydrogens (tertiary/aromatic N) is 5. The number of aliphatic hydroxyl groups is 3. The van der Waals surface area contributed by atoms with Gasteiger partial charge in [0.15, 0.2) is 23.2 Å². The molecule has 4 aromatic rings. The van der Waals surface area contributed by atoms with E-state index >= 15 is 0 Å². The molecule has 0 spiro atoms. The predicted molar refractivity (Wildman–Crippen MR) is 116 cm³/mol. The minimum absolute atomic E-state index is 0.256. The van der Waals surface area contributed by atoms with Crippen LogP contribution >= 0.6 is 0 Å². The van der Waals surface area contributed by atoms with Gasteiger partial charge in [0, 0.05) is 23.1 Å². The van der Waals surface area contributed by atoms with Gasteiger partial charge in [0.25, 0.3) is 0 Å². The zero-order valence-corrected chi connectivity index (χ0v) is 17.8. The lowest BCUT2D eigenvalue weighted by Gasteiger charge is -2.28. The highest BCUT2D eigenvalue weighted by molar-refractivity contribution is 5.87. The first-order chi connectivity index (χ1) is 15.9. The Kier molecular flexibility index (Phi) is 4.46. The van der Waals surface area contributed by atoms with Gasteiger partial charge < -0.3 is 29.9 Å².